The highest BCUT2D eigenvalue weighted by Crippen LogP contribution is 2.35. The number of fused-ring (bicyclic) bond motifs is 1. The molecule has 0 unspecified atom stereocenters. The highest BCUT2D eigenvalue weighted by molar-refractivity contribution is 6.30. The first-order valence-corrected chi connectivity index (χ1v) is 10.9. The largest absolute Gasteiger partial charge is 0.450 e. The van der Waals surface area contributed by atoms with E-state index in [0.717, 1.165) is 12.3 Å². The molecule has 14 heteroatoms. The Kier molecular flexibility index (Phi) is 5.99. The third-order valence-corrected chi connectivity index (χ3v) is 5.37. The number of amides is 1. The minimum absolute atomic E-state index is 0.0523. The van der Waals surface area contributed by atoms with E-state index in [9.17, 15) is 22.4 Å². The Hall–Kier alpha value is -4.52. The monoisotopic (exact) mass is 531 g/mol. The normalized spacial score (nSPS) is 11.6. The molecule has 188 valence electrons. The number of hydrogen-bond donors (Lipinski definition) is 1. The molecular formula is C23H14ClF4N7O2. The van der Waals surface area contributed by atoms with E-state index in [4.69, 9.17) is 16.3 Å². The standard InChI is InChI=1S/C23H14ClF4N7O2/c1-12-8-19(21-32-29-11-34(21)33-12)37-18-7-4-14(9-17(18)25)31-22(36)16-10-30-35(20(16)23(26,27)28)15-5-2-13(24)3-6-15/h2-11H,1H3,(H,31,36). The van der Waals surface area contributed by atoms with E-state index in [1.165, 1.54) is 53.3 Å². The average Bonchev–Trinajstić information content (AvgIpc) is 3.49. The highest BCUT2D eigenvalue weighted by Gasteiger charge is 2.40. The molecule has 0 bridgehead atoms. The number of alkyl halides is 3. The zero-order valence-corrected chi connectivity index (χ0v) is 19.4. The van der Waals surface area contributed by atoms with Crippen molar-refractivity contribution >= 4 is 28.8 Å². The Morgan fingerprint density at radius 3 is 2.54 bits per heavy atom. The first kappa shape index (κ1) is 24.2. The fourth-order valence-electron chi connectivity index (χ4n) is 3.54. The molecule has 3 aromatic heterocycles. The molecule has 0 aliphatic carbocycles. The van der Waals surface area contributed by atoms with Crippen LogP contribution in [0.4, 0.5) is 23.2 Å². The van der Waals surface area contributed by atoms with Crippen molar-refractivity contribution in [3.63, 3.8) is 0 Å². The molecule has 0 aliphatic heterocycles. The van der Waals surface area contributed by atoms with Crippen molar-refractivity contribution in [2.45, 2.75) is 13.1 Å². The van der Waals surface area contributed by atoms with Crippen LogP contribution in [0.3, 0.4) is 0 Å². The van der Waals surface area contributed by atoms with Crippen molar-refractivity contribution in [3.8, 4) is 17.2 Å². The molecule has 0 radical (unpaired) electrons. The fraction of sp³-hybridized carbons (Fsp3) is 0.0870. The van der Waals surface area contributed by atoms with Crippen LogP contribution < -0.4 is 10.1 Å². The van der Waals surface area contributed by atoms with Gasteiger partial charge >= 0.3 is 6.18 Å². The number of carbonyl (C=O) groups is 1. The second kappa shape index (κ2) is 9.17. The van der Waals surface area contributed by atoms with Gasteiger partial charge in [0.05, 0.1) is 23.1 Å². The number of anilines is 1. The van der Waals surface area contributed by atoms with E-state index in [-0.39, 0.29) is 28.5 Å². The van der Waals surface area contributed by atoms with Crippen molar-refractivity contribution in [2.24, 2.45) is 0 Å². The molecule has 5 rings (SSSR count). The van der Waals surface area contributed by atoms with Gasteiger partial charge in [-0.25, -0.2) is 9.07 Å². The SMILES string of the molecule is Cc1cc(Oc2ccc(NC(=O)c3cnn(-c4ccc(Cl)cc4)c3C(F)(F)F)cc2F)c2nncn2n1. The third kappa shape index (κ3) is 4.80. The number of aryl methyl sites for hydroxylation is 1. The zero-order valence-electron chi connectivity index (χ0n) is 18.7. The summed E-state index contributed by atoms with van der Waals surface area (Å²) < 4.78 is 64.0. The lowest BCUT2D eigenvalue weighted by Crippen LogP contribution is -2.20. The molecule has 9 nitrogen and oxygen atoms in total. The van der Waals surface area contributed by atoms with Crippen molar-refractivity contribution in [3.05, 3.63) is 88.8 Å². The lowest BCUT2D eigenvalue weighted by Gasteiger charge is -2.13. The summed E-state index contributed by atoms with van der Waals surface area (Å²) in [7, 11) is 0. The molecule has 0 atom stereocenters. The summed E-state index contributed by atoms with van der Waals surface area (Å²) in [5.74, 6) is -2.03. The van der Waals surface area contributed by atoms with Gasteiger partial charge in [0.25, 0.3) is 5.91 Å². The van der Waals surface area contributed by atoms with Gasteiger partial charge in [0.2, 0.25) is 5.65 Å². The maximum atomic E-state index is 14.8. The summed E-state index contributed by atoms with van der Waals surface area (Å²) in [5, 5.41) is 18.1. The number of nitrogens with one attached hydrogen (secondary N) is 1. The first-order chi connectivity index (χ1) is 17.6. The maximum absolute atomic E-state index is 14.8. The molecule has 5 aromatic rings. The minimum atomic E-state index is -4.92. The second-order valence-electron chi connectivity index (χ2n) is 7.74. The number of halogens is 5. The van der Waals surface area contributed by atoms with Gasteiger partial charge in [0.1, 0.15) is 6.33 Å². The van der Waals surface area contributed by atoms with Crippen molar-refractivity contribution in [2.75, 3.05) is 5.32 Å². The van der Waals surface area contributed by atoms with Crippen molar-refractivity contribution in [1.82, 2.24) is 29.6 Å². The molecule has 2 aromatic carbocycles. The molecule has 0 saturated heterocycles. The number of benzene rings is 2. The van der Waals surface area contributed by atoms with Crippen molar-refractivity contribution in [1.29, 1.82) is 0 Å². The number of hydrogen-bond acceptors (Lipinski definition) is 6. The van der Waals surface area contributed by atoms with Gasteiger partial charge in [-0.2, -0.15) is 27.9 Å². The lowest BCUT2D eigenvalue weighted by molar-refractivity contribution is -0.143. The maximum Gasteiger partial charge on any atom is 0.434 e. The lowest BCUT2D eigenvalue weighted by atomic mass is 10.2. The van der Waals surface area contributed by atoms with Gasteiger partial charge in [-0.3, -0.25) is 4.79 Å². The zero-order chi connectivity index (χ0) is 26.3. The van der Waals surface area contributed by atoms with Crippen LogP contribution in [0.25, 0.3) is 11.3 Å². The third-order valence-electron chi connectivity index (χ3n) is 5.12. The van der Waals surface area contributed by atoms with E-state index >= 15 is 0 Å². The topological polar surface area (TPSA) is 99.2 Å². The molecule has 1 amide bonds. The Bertz CT molecular complexity index is 1630. The number of rotatable bonds is 5. The molecule has 0 fully saturated rings. The van der Waals surface area contributed by atoms with Gasteiger partial charge in [-0.1, -0.05) is 11.6 Å². The van der Waals surface area contributed by atoms with Crippen LogP contribution in [0.15, 0.2) is 61.1 Å². The number of ether oxygens (including phenoxy) is 1. The number of aromatic nitrogens is 6. The van der Waals surface area contributed by atoms with Crippen LogP contribution in [0.5, 0.6) is 11.5 Å². The van der Waals surface area contributed by atoms with Crippen LogP contribution >= 0.6 is 11.6 Å². The van der Waals surface area contributed by atoms with E-state index < -0.39 is 29.2 Å². The van der Waals surface area contributed by atoms with Gasteiger partial charge in [-0.15, -0.1) is 10.2 Å². The predicted octanol–water partition coefficient (Wildman–Crippen LogP) is 5.47. The minimum Gasteiger partial charge on any atom is -0.450 e. The summed E-state index contributed by atoms with van der Waals surface area (Å²) in [4.78, 5) is 12.8. The summed E-state index contributed by atoms with van der Waals surface area (Å²) in [6.45, 7) is 1.70. The van der Waals surface area contributed by atoms with Gasteiger partial charge < -0.3 is 10.1 Å². The second-order valence-corrected chi connectivity index (χ2v) is 8.18. The molecule has 0 saturated carbocycles. The summed E-state index contributed by atoms with van der Waals surface area (Å²) in [6, 6.07) is 10.4. The Labute approximate surface area is 210 Å². The predicted molar refractivity (Wildman–Crippen MR) is 124 cm³/mol. The van der Waals surface area contributed by atoms with Crippen LogP contribution in [0.1, 0.15) is 21.7 Å². The first-order valence-electron chi connectivity index (χ1n) is 10.5. The molecule has 0 aliphatic rings. The quantitative estimate of drug-likeness (QED) is 0.302. The highest BCUT2D eigenvalue weighted by atomic mass is 35.5. The van der Waals surface area contributed by atoms with E-state index in [2.05, 4.69) is 25.7 Å². The Balaban J connectivity index is 1.41. The Morgan fingerprint density at radius 2 is 1.84 bits per heavy atom. The molecule has 37 heavy (non-hydrogen) atoms. The van der Waals surface area contributed by atoms with E-state index in [1.54, 1.807) is 6.92 Å². The molecule has 3 heterocycles. The fourth-order valence-corrected chi connectivity index (χ4v) is 3.66. The van der Waals surface area contributed by atoms with Gasteiger partial charge in [-0.05, 0) is 43.3 Å². The molecule has 0 spiro atoms. The van der Waals surface area contributed by atoms with Crippen LogP contribution in [0, 0.1) is 12.7 Å². The summed E-state index contributed by atoms with van der Waals surface area (Å²) in [6.07, 6.45) is -2.77. The molecule has 1 N–H and O–H groups in total. The van der Waals surface area contributed by atoms with E-state index in [1.807, 2.05) is 0 Å². The Morgan fingerprint density at radius 1 is 1.08 bits per heavy atom. The summed E-state index contributed by atoms with van der Waals surface area (Å²) in [5.41, 5.74) is -1.27. The van der Waals surface area contributed by atoms with Gasteiger partial charge in [0, 0.05) is 22.8 Å². The number of nitrogens with zero attached hydrogens (tertiary/aromatic N) is 6. The van der Waals surface area contributed by atoms with Gasteiger partial charge in [0.15, 0.2) is 23.0 Å². The van der Waals surface area contributed by atoms with E-state index in [0.29, 0.717) is 15.4 Å². The number of carbonyl (C=O) groups excluding carboxylic acids is 1. The van der Waals surface area contributed by atoms with Crippen molar-refractivity contribution < 1.29 is 27.1 Å². The smallest absolute Gasteiger partial charge is 0.434 e. The van der Waals surface area contributed by atoms with Crippen LogP contribution in [-0.4, -0.2) is 35.5 Å². The summed E-state index contributed by atoms with van der Waals surface area (Å²) >= 11 is 5.81. The average molecular weight is 532 g/mol. The molecular weight excluding hydrogens is 518 g/mol. The van der Waals surface area contributed by atoms with Crippen LogP contribution in [0.2, 0.25) is 5.02 Å². The van der Waals surface area contributed by atoms with Crippen LogP contribution in [-0.2, 0) is 6.18 Å².